The second-order valence-corrected chi connectivity index (χ2v) is 6.85. The van der Waals surface area contributed by atoms with E-state index in [-0.39, 0.29) is 17.7 Å². The Labute approximate surface area is 144 Å². The van der Waals surface area contributed by atoms with Crippen LogP contribution in [0.2, 0.25) is 0 Å². The van der Waals surface area contributed by atoms with E-state index in [0.717, 1.165) is 44.1 Å². The standard InChI is InChI=1S/C19H29N3O2/c1-14(2)18(23)21-17-6-4-16(5-7-17)19(24)22-12-9-15(10-13-22)8-11-20-3/h4-7,14-15,20H,8-13H2,1-3H3,(H,21,23). The minimum absolute atomic E-state index is 0.0160. The maximum absolute atomic E-state index is 12.6. The normalized spacial score (nSPS) is 15.6. The molecule has 1 aromatic carbocycles. The summed E-state index contributed by atoms with van der Waals surface area (Å²) in [7, 11) is 1.98. The Morgan fingerprint density at radius 2 is 1.79 bits per heavy atom. The largest absolute Gasteiger partial charge is 0.339 e. The number of piperidine rings is 1. The predicted octanol–water partition coefficient (Wildman–Crippen LogP) is 2.74. The minimum Gasteiger partial charge on any atom is -0.339 e. The number of anilines is 1. The molecule has 0 aromatic heterocycles. The summed E-state index contributed by atoms with van der Waals surface area (Å²) in [5.41, 5.74) is 1.42. The average molecular weight is 331 g/mol. The first-order valence-corrected chi connectivity index (χ1v) is 8.86. The fourth-order valence-corrected chi connectivity index (χ4v) is 2.94. The van der Waals surface area contributed by atoms with Gasteiger partial charge in [-0.05, 0) is 63.0 Å². The van der Waals surface area contributed by atoms with Crippen molar-refractivity contribution in [3.05, 3.63) is 29.8 Å². The molecule has 0 atom stereocenters. The maximum Gasteiger partial charge on any atom is 0.253 e. The molecule has 0 bridgehead atoms. The summed E-state index contributed by atoms with van der Waals surface area (Å²) in [5, 5.41) is 6.03. The molecule has 2 amide bonds. The molecular weight excluding hydrogens is 302 g/mol. The van der Waals surface area contributed by atoms with Crippen molar-refractivity contribution >= 4 is 17.5 Å². The van der Waals surface area contributed by atoms with E-state index in [1.807, 2.05) is 25.8 Å². The number of nitrogens with one attached hydrogen (secondary N) is 2. The lowest BCUT2D eigenvalue weighted by Gasteiger charge is -2.32. The SMILES string of the molecule is CNCCC1CCN(C(=O)c2ccc(NC(=O)C(C)C)cc2)CC1. The topological polar surface area (TPSA) is 61.4 Å². The molecule has 0 aliphatic carbocycles. The van der Waals surface area contributed by atoms with Gasteiger partial charge in [0.15, 0.2) is 0 Å². The number of amides is 2. The number of rotatable bonds is 6. The number of likely N-dealkylation sites (tertiary alicyclic amines) is 1. The quantitative estimate of drug-likeness (QED) is 0.842. The van der Waals surface area contributed by atoms with Gasteiger partial charge in [-0.25, -0.2) is 0 Å². The van der Waals surface area contributed by atoms with Gasteiger partial charge in [0, 0.05) is 30.3 Å². The second-order valence-electron chi connectivity index (χ2n) is 6.85. The van der Waals surface area contributed by atoms with Crippen LogP contribution < -0.4 is 10.6 Å². The Morgan fingerprint density at radius 3 is 2.33 bits per heavy atom. The number of carbonyl (C=O) groups excluding carboxylic acids is 2. The van der Waals surface area contributed by atoms with Gasteiger partial charge >= 0.3 is 0 Å². The number of nitrogens with zero attached hydrogens (tertiary/aromatic N) is 1. The third-order valence-corrected chi connectivity index (χ3v) is 4.63. The zero-order valence-corrected chi connectivity index (χ0v) is 15.0. The molecule has 1 saturated heterocycles. The second kappa shape index (κ2) is 8.83. The van der Waals surface area contributed by atoms with Crippen molar-refractivity contribution < 1.29 is 9.59 Å². The molecule has 0 unspecified atom stereocenters. The summed E-state index contributed by atoms with van der Waals surface area (Å²) < 4.78 is 0. The molecule has 5 nitrogen and oxygen atoms in total. The first-order valence-electron chi connectivity index (χ1n) is 8.86. The monoisotopic (exact) mass is 331 g/mol. The predicted molar refractivity (Wildman–Crippen MR) is 97.1 cm³/mol. The van der Waals surface area contributed by atoms with Crippen molar-refractivity contribution in [2.24, 2.45) is 11.8 Å². The molecule has 1 aliphatic heterocycles. The Bertz CT molecular complexity index is 546. The van der Waals surface area contributed by atoms with Crippen LogP contribution in [0.5, 0.6) is 0 Å². The van der Waals surface area contributed by atoms with Gasteiger partial charge < -0.3 is 15.5 Å². The Morgan fingerprint density at radius 1 is 1.17 bits per heavy atom. The molecule has 2 N–H and O–H groups in total. The average Bonchev–Trinajstić information content (AvgIpc) is 2.60. The summed E-state index contributed by atoms with van der Waals surface area (Å²) in [4.78, 5) is 26.2. The highest BCUT2D eigenvalue weighted by Gasteiger charge is 2.23. The zero-order chi connectivity index (χ0) is 17.5. The Kier molecular flexibility index (Phi) is 6.79. The van der Waals surface area contributed by atoms with Crippen molar-refractivity contribution in [3.8, 4) is 0 Å². The molecule has 0 radical (unpaired) electrons. The first kappa shape index (κ1) is 18.5. The van der Waals surface area contributed by atoms with E-state index in [1.165, 1.54) is 6.42 Å². The van der Waals surface area contributed by atoms with E-state index in [4.69, 9.17) is 0 Å². The third-order valence-electron chi connectivity index (χ3n) is 4.63. The van der Waals surface area contributed by atoms with Gasteiger partial charge in [0.05, 0.1) is 0 Å². The van der Waals surface area contributed by atoms with Crippen LogP contribution in [0, 0.1) is 11.8 Å². The molecule has 2 rings (SSSR count). The summed E-state index contributed by atoms with van der Waals surface area (Å²) in [6, 6.07) is 7.19. The van der Waals surface area contributed by atoms with E-state index in [2.05, 4.69) is 10.6 Å². The molecule has 132 valence electrons. The molecular formula is C19H29N3O2. The van der Waals surface area contributed by atoms with E-state index in [1.54, 1.807) is 24.3 Å². The molecule has 0 saturated carbocycles. The van der Waals surface area contributed by atoms with Crippen LogP contribution in [-0.4, -0.2) is 43.4 Å². The van der Waals surface area contributed by atoms with Gasteiger partial charge in [-0.1, -0.05) is 13.8 Å². The van der Waals surface area contributed by atoms with Crippen molar-refractivity contribution in [3.63, 3.8) is 0 Å². The molecule has 0 spiro atoms. The number of hydrogen-bond acceptors (Lipinski definition) is 3. The summed E-state index contributed by atoms with van der Waals surface area (Å²) >= 11 is 0. The van der Waals surface area contributed by atoms with Crippen LogP contribution >= 0.6 is 0 Å². The molecule has 1 heterocycles. The van der Waals surface area contributed by atoms with Crippen molar-refractivity contribution in [2.75, 3.05) is 32.0 Å². The highest BCUT2D eigenvalue weighted by Crippen LogP contribution is 2.22. The van der Waals surface area contributed by atoms with Crippen LogP contribution in [0.1, 0.15) is 43.5 Å². The lowest BCUT2D eigenvalue weighted by molar-refractivity contribution is -0.118. The molecule has 1 aromatic rings. The minimum atomic E-state index is -0.0597. The van der Waals surface area contributed by atoms with Crippen LogP contribution in [-0.2, 0) is 4.79 Å². The highest BCUT2D eigenvalue weighted by molar-refractivity contribution is 5.96. The van der Waals surface area contributed by atoms with Gasteiger partial charge in [0.1, 0.15) is 0 Å². The van der Waals surface area contributed by atoms with Crippen molar-refractivity contribution in [2.45, 2.75) is 33.1 Å². The molecule has 24 heavy (non-hydrogen) atoms. The first-order chi connectivity index (χ1) is 11.5. The fourth-order valence-electron chi connectivity index (χ4n) is 2.94. The molecule has 5 heteroatoms. The van der Waals surface area contributed by atoms with E-state index < -0.39 is 0 Å². The van der Waals surface area contributed by atoms with Gasteiger partial charge in [-0.3, -0.25) is 9.59 Å². The Balaban J connectivity index is 1.88. The van der Waals surface area contributed by atoms with E-state index in [9.17, 15) is 9.59 Å². The zero-order valence-electron chi connectivity index (χ0n) is 15.0. The number of hydrogen-bond donors (Lipinski definition) is 2. The van der Waals surface area contributed by atoms with Crippen LogP contribution in [0.3, 0.4) is 0 Å². The lowest BCUT2D eigenvalue weighted by atomic mass is 9.93. The van der Waals surface area contributed by atoms with E-state index >= 15 is 0 Å². The van der Waals surface area contributed by atoms with Gasteiger partial charge in [0.25, 0.3) is 5.91 Å². The van der Waals surface area contributed by atoms with Gasteiger partial charge in [0.2, 0.25) is 5.91 Å². The van der Waals surface area contributed by atoms with Crippen molar-refractivity contribution in [1.82, 2.24) is 10.2 Å². The number of benzene rings is 1. The van der Waals surface area contributed by atoms with Crippen LogP contribution in [0.25, 0.3) is 0 Å². The third kappa shape index (κ3) is 5.06. The van der Waals surface area contributed by atoms with Crippen LogP contribution in [0.4, 0.5) is 5.69 Å². The van der Waals surface area contributed by atoms with Crippen molar-refractivity contribution in [1.29, 1.82) is 0 Å². The molecule has 1 aliphatic rings. The van der Waals surface area contributed by atoms with Crippen LogP contribution in [0.15, 0.2) is 24.3 Å². The molecule has 1 fully saturated rings. The number of carbonyl (C=O) groups is 2. The Hall–Kier alpha value is -1.88. The van der Waals surface area contributed by atoms with E-state index in [0.29, 0.717) is 5.56 Å². The fraction of sp³-hybridized carbons (Fsp3) is 0.579. The maximum atomic E-state index is 12.6. The van der Waals surface area contributed by atoms with Gasteiger partial charge in [-0.2, -0.15) is 0 Å². The lowest BCUT2D eigenvalue weighted by Crippen LogP contribution is -2.38. The smallest absolute Gasteiger partial charge is 0.253 e. The summed E-state index contributed by atoms with van der Waals surface area (Å²) in [6.45, 7) is 6.42. The summed E-state index contributed by atoms with van der Waals surface area (Å²) in [6.07, 6.45) is 3.34. The summed E-state index contributed by atoms with van der Waals surface area (Å²) in [5.74, 6) is 0.729. The highest BCUT2D eigenvalue weighted by atomic mass is 16.2. The van der Waals surface area contributed by atoms with Gasteiger partial charge in [-0.15, -0.1) is 0 Å².